The lowest BCUT2D eigenvalue weighted by atomic mass is 10.1. The summed E-state index contributed by atoms with van der Waals surface area (Å²) in [7, 11) is 2.92. The molecule has 0 aliphatic carbocycles. The quantitative estimate of drug-likeness (QED) is 0.814. The highest BCUT2D eigenvalue weighted by atomic mass is 16.5. The molecular weight excluding hydrogens is 326 g/mol. The summed E-state index contributed by atoms with van der Waals surface area (Å²) in [5.74, 6) is -0.786. The summed E-state index contributed by atoms with van der Waals surface area (Å²) < 4.78 is 10.3. The van der Waals surface area contributed by atoms with Crippen LogP contribution in [0, 0.1) is 6.92 Å². The standard InChI is InChI=1S/C17H19N3O5/c1-9-13(8-11-7-12(24-4)5-6-14(11)19-9)16(22)25-10(2)15(21)20-17(23)18-3/h5-8,10H,1-4H3,(H2,18,20,21,23). The van der Waals surface area contributed by atoms with Gasteiger partial charge in [-0.15, -0.1) is 0 Å². The summed E-state index contributed by atoms with van der Waals surface area (Å²) in [5.41, 5.74) is 1.42. The Morgan fingerprint density at radius 2 is 1.92 bits per heavy atom. The number of imide groups is 1. The summed E-state index contributed by atoms with van der Waals surface area (Å²) in [6.07, 6.45) is -1.13. The van der Waals surface area contributed by atoms with Crippen molar-refractivity contribution in [1.29, 1.82) is 0 Å². The van der Waals surface area contributed by atoms with Crippen molar-refractivity contribution in [2.45, 2.75) is 20.0 Å². The molecule has 0 bridgehead atoms. The van der Waals surface area contributed by atoms with Gasteiger partial charge in [0.25, 0.3) is 5.91 Å². The second-order valence-electron chi connectivity index (χ2n) is 5.30. The van der Waals surface area contributed by atoms with Gasteiger partial charge in [-0.05, 0) is 38.1 Å². The number of nitrogens with one attached hydrogen (secondary N) is 2. The molecule has 0 spiro atoms. The third-order valence-electron chi connectivity index (χ3n) is 3.55. The van der Waals surface area contributed by atoms with Crippen molar-refractivity contribution in [3.8, 4) is 5.75 Å². The van der Waals surface area contributed by atoms with Crippen LogP contribution in [0.15, 0.2) is 24.3 Å². The fourth-order valence-electron chi connectivity index (χ4n) is 2.14. The van der Waals surface area contributed by atoms with Crippen LogP contribution in [0.2, 0.25) is 0 Å². The number of esters is 1. The van der Waals surface area contributed by atoms with Gasteiger partial charge < -0.3 is 14.8 Å². The van der Waals surface area contributed by atoms with E-state index in [0.29, 0.717) is 22.3 Å². The van der Waals surface area contributed by atoms with Gasteiger partial charge in [0.15, 0.2) is 6.10 Å². The first-order chi connectivity index (χ1) is 11.8. The summed E-state index contributed by atoms with van der Waals surface area (Å²) in [6, 6.07) is 6.27. The summed E-state index contributed by atoms with van der Waals surface area (Å²) >= 11 is 0. The predicted molar refractivity (Wildman–Crippen MR) is 90.5 cm³/mol. The number of pyridine rings is 1. The van der Waals surface area contributed by atoms with Crippen molar-refractivity contribution >= 4 is 28.8 Å². The summed E-state index contributed by atoms with van der Waals surface area (Å²) in [6.45, 7) is 3.05. The number of hydrogen-bond donors (Lipinski definition) is 2. The number of hydrogen-bond acceptors (Lipinski definition) is 6. The van der Waals surface area contributed by atoms with Crippen LogP contribution in [-0.2, 0) is 9.53 Å². The number of fused-ring (bicyclic) bond motifs is 1. The third-order valence-corrected chi connectivity index (χ3v) is 3.55. The fourth-order valence-corrected chi connectivity index (χ4v) is 2.14. The van der Waals surface area contributed by atoms with Crippen molar-refractivity contribution in [1.82, 2.24) is 15.6 Å². The van der Waals surface area contributed by atoms with E-state index in [0.717, 1.165) is 0 Å². The van der Waals surface area contributed by atoms with E-state index in [1.54, 1.807) is 38.3 Å². The minimum atomic E-state index is -1.13. The lowest BCUT2D eigenvalue weighted by Crippen LogP contribution is -2.43. The van der Waals surface area contributed by atoms with E-state index in [1.807, 2.05) is 5.32 Å². The Labute approximate surface area is 144 Å². The normalized spacial score (nSPS) is 11.5. The Hall–Kier alpha value is -3.16. The molecule has 25 heavy (non-hydrogen) atoms. The Kier molecular flexibility index (Phi) is 5.53. The number of carbonyl (C=O) groups excluding carboxylic acids is 3. The van der Waals surface area contributed by atoms with Crippen LogP contribution in [0.5, 0.6) is 5.75 Å². The smallest absolute Gasteiger partial charge is 0.340 e. The van der Waals surface area contributed by atoms with Gasteiger partial charge >= 0.3 is 12.0 Å². The zero-order valence-corrected chi connectivity index (χ0v) is 14.4. The van der Waals surface area contributed by atoms with E-state index in [2.05, 4.69) is 10.3 Å². The summed E-state index contributed by atoms with van der Waals surface area (Å²) in [5, 5.41) is 5.00. The van der Waals surface area contributed by atoms with Crippen LogP contribution in [0.3, 0.4) is 0 Å². The zero-order chi connectivity index (χ0) is 18.6. The topological polar surface area (TPSA) is 107 Å². The van der Waals surface area contributed by atoms with E-state index in [9.17, 15) is 14.4 Å². The molecule has 0 radical (unpaired) electrons. The van der Waals surface area contributed by atoms with E-state index >= 15 is 0 Å². The molecule has 0 aliphatic heterocycles. The molecule has 2 aromatic rings. The molecule has 0 saturated carbocycles. The molecule has 0 fully saturated rings. The second kappa shape index (κ2) is 7.61. The van der Waals surface area contributed by atoms with E-state index < -0.39 is 24.0 Å². The first-order valence-electron chi connectivity index (χ1n) is 7.54. The maximum atomic E-state index is 12.4. The van der Waals surface area contributed by atoms with Crippen LogP contribution in [0.1, 0.15) is 23.0 Å². The molecule has 1 unspecified atom stereocenters. The molecule has 8 heteroatoms. The first kappa shape index (κ1) is 18.2. The number of methoxy groups -OCH3 is 1. The van der Waals surface area contributed by atoms with Crippen molar-refractivity contribution < 1.29 is 23.9 Å². The first-order valence-corrected chi connectivity index (χ1v) is 7.54. The third kappa shape index (κ3) is 4.23. The van der Waals surface area contributed by atoms with Gasteiger partial charge in [-0.3, -0.25) is 15.1 Å². The van der Waals surface area contributed by atoms with Crippen LogP contribution < -0.4 is 15.4 Å². The highest BCUT2D eigenvalue weighted by Crippen LogP contribution is 2.22. The Bertz CT molecular complexity index is 834. The fraction of sp³-hybridized carbons (Fsp3) is 0.294. The highest BCUT2D eigenvalue weighted by molar-refractivity contribution is 5.99. The van der Waals surface area contributed by atoms with E-state index in [4.69, 9.17) is 9.47 Å². The average Bonchev–Trinajstić information content (AvgIpc) is 2.60. The van der Waals surface area contributed by atoms with Gasteiger partial charge in [-0.25, -0.2) is 9.59 Å². The van der Waals surface area contributed by atoms with Gasteiger partial charge in [0.1, 0.15) is 5.75 Å². The van der Waals surface area contributed by atoms with Crippen LogP contribution >= 0.6 is 0 Å². The van der Waals surface area contributed by atoms with Crippen molar-refractivity contribution in [2.24, 2.45) is 0 Å². The number of aryl methyl sites for hydroxylation is 1. The molecule has 1 atom stereocenters. The van der Waals surface area contributed by atoms with E-state index in [-0.39, 0.29) is 5.56 Å². The molecular formula is C17H19N3O5. The van der Waals surface area contributed by atoms with Crippen LogP contribution in [-0.4, -0.2) is 43.2 Å². The molecule has 0 saturated heterocycles. The number of urea groups is 1. The molecule has 1 aromatic carbocycles. The maximum absolute atomic E-state index is 12.4. The Balaban J connectivity index is 2.22. The van der Waals surface area contributed by atoms with Crippen molar-refractivity contribution in [3.05, 3.63) is 35.5 Å². The van der Waals surface area contributed by atoms with Crippen molar-refractivity contribution in [2.75, 3.05) is 14.2 Å². The molecule has 0 aliphatic rings. The number of ether oxygens (including phenoxy) is 2. The largest absolute Gasteiger partial charge is 0.497 e. The highest BCUT2D eigenvalue weighted by Gasteiger charge is 2.22. The summed E-state index contributed by atoms with van der Waals surface area (Å²) in [4.78, 5) is 39.6. The number of rotatable bonds is 4. The van der Waals surface area contributed by atoms with Crippen molar-refractivity contribution in [3.63, 3.8) is 0 Å². The number of aromatic nitrogens is 1. The molecule has 1 aromatic heterocycles. The van der Waals surface area contributed by atoms with E-state index in [1.165, 1.54) is 14.0 Å². The van der Waals surface area contributed by atoms with Gasteiger partial charge in [0.2, 0.25) is 0 Å². The molecule has 8 nitrogen and oxygen atoms in total. The van der Waals surface area contributed by atoms with Gasteiger partial charge in [-0.1, -0.05) is 0 Å². The minimum absolute atomic E-state index is 0.236. The molecule has 1 heterocycles. The van der Waals surface area contributed by atoms with Gasteiger partial charge in [-0.2, -0.15) is 0 Å². The van der Waals surface area contributed by atoms with Gasteiger partial charge in [0, 0.05) is 12.4 Å². The Morgan fingerprint density at radius 3 is 2.56 bits per heavy atom. The minimum Gasteiger partial charge on any atom is -0.497 e. The maximum Gasteiger partial charge on any atom is 0.340 e. The Morgan fingerprint density at radius 1 is 1.20 bits per heavy atom. The van der Waals surface area contributed by atoms with Gasteiger partial charge in [0.05, 0.1) is 23.9 Å². The average molecular weight is 345 g/mol. The SMILES string of the molecule is CNC(=O)NC(=O)C(C)OC(=O)c1cc2cc(OC)ccc2nc1C. The molecule has 2 rings (SSSR count). The number of nitrogens with zero attached hydrogens (tertiary/aromatic N) is 1. The molecule has 132 valence electrons. The van der Waals surface area contributed by atoms with Crippen LogP contribution in [0.4, 0.5) is 4.79 Å². The predicted octanol–water partition coefficient (Wildman–Crippen LogP) is 1.55. The lowest BCUT2D eigenvalue weighted by Gasteiger charge is -2.14. The zero-order valence-electron chi connectivity index (χ0n) is 14.4. The monoisotopic (exact) mass is 345 g/mol. The molecule has 2 N–H and O–H groups in total. The number of amides is 3. The molecule has 3 amide bonds. The number of carbonyl (C=O) groups is 3. The second-order valence-corrected chi connectivity index (χ2v) is 5.30. The van der Waals surface area contributed by atoms with Crippen LogP contribution in [0.25, 0.3) is 10.9 Å². The number of benzene rings is 1. The lowest BCUT2D eigenvalue weighted by molar-refractivity contribution is -0.127.